The maximum absolute atomic E-state index is 12.8. The molecule has 7 nitrogen and oxygen atoms in total. The summed E-state index contributed by atoms with van der Waals surface area (Å²) in [7, 11) is 1.59. The van der Waals surface area contributed by atoms with E-state index in [0.29, 0.717) is 36.1 Å². The molecule has 4 rings (SSSR count). The van der Waals surface area contributed by atoms with E-state index in [-0.39, 0.29) is 12.0 Å². The number of rotatable bonds is 4. The Hall–Kier alpha value is -3.09. The number of para-hydroxylation sites is 1. The van der Waals surface area contributed by atoms with Crippen molar-refractivity contribution in [1.82, 2.24) is 15.1 Å². The molecule has 1 fully saturated rings. The first kappa shape index (κ1) is 17.3. The van der Waals surface area contributed by atoms with E-state index in [1.165, 1.54) is 0 Å². The third-order valence-electron chi connectivity index (χ3n) is 4.73. The molecule has 0 unspecified atom stereocenters. The smallest absolute Gasteiger partial charge is 0.289 e. The molecule has 1 aromatic carbocycles. The highest BCUT2D eigenvalue weighted by atomic mass is 16.5. The van der Waals surface area contributed by atoms with E-state index in [4.69, 9.17) is 13.9 Å². The van der Waals surface area contributed by atoms with Crippen LogP contribution in [0.5, 0.6) is 11.6 Å². The molecule has 1 saturated heterocycles. The van der Waals surface area contributed by atoms with Crippen LogP contribution in [0.4, 0.5) is 0 Å². The lowest BCUT2D eigenvalue weighted by Crippen LogP contribution is -2.41. The highest BCUT2D eigenvalue weighted by Gasteiger charge is 2.27. The first-order chi connectivity index (χ1) is 13.1. The second-order valence-corrected chi connectivity index (χ2v) is 6.61. The Morgan fingerprint density at radius 1 is 1.19 bits per heavy atom. The fourth-order valence-corrected chi connectivity index (χ4v) is 3.26. The average Bonchev–Trinajstić information content (AvgIpc) is 3.14. The van der Waals surface area contributed by atoms with Gasteiger partial charge in [0.25, 0.3) is 5.91 Å². The zero-order valence-corrected chi connectivity index (χ0v) is 15.3. The number of ether oxygens (including phenoxy) is 2. The summed E-state index contributed by atoms with van der Waals surface area (Å²) in [5, 5.41) is 8.89. The number of hydrogen-bond donors (Lipinski definition) is 0. The molecule has 3 aromatic rings. The molecule has 0 atom stereocenters. The molecule has 1 aliphatic rings. The van der Waals surface area contributed by atoms with E-state index in [9.17, 15) is 4.79 Å². The average molecular weight is 367 g/mol. The SMILES string of the molecule is COc1cccc2cc(C(=O)N3CCC(Oc4ccc(C)nn4)CC3)oc12. The van der Waals surface area contributed by atoms with Gasteiger partial charge in [-0.2, -0.15) is 5.10 Å². The largest absolute Gasteiger partial charge is 0.493 e. The van der Waals surface area contributed by atoms with Gasteiger partial charge < -0.3 is 18.8 Å². The number of amides is 1. The van der Waals surface area contributed by atoms with Crippen LogP contribution in [0, 0.1) is 6.92 Å². The third-order valence-corrected chi connectivity index (χ3v) is 4.73. The number of carbonyl (C=O) groups excluding carboxylic acids is 1. The predicted molar refractivity (Wildman–Crippen MR) is 99.1 cm³/mol. The van der Waals surface area contributed by atoms with E-state index in [2.05, 4.69) is 10.2 Å². The van der Waals surface area contributed by atoms with E-state index >= 15 is 0 Å². The lowest BCUT2D eigenvalue weighted by molar-refractivity contribution is 0.0559. The molecule has 140 valence electrons. The van der Waals surface area contributed by atoms with Crippen molar-refractivity contribution in [3.8, 4) is 11.6 Å². The predicted octanol–water partition coefficient (Wildman–Crippen LogP) is 3.22. The second kappa shape index (κ2) is 7.26. The van der Waals surface area contributed by atoms with E-state index in [0.717, 1.165) is 23.9 Å². The summed E-state index contributed by atoms with van der Waals surface area (Å²) in [5.74, 6) is 1.37. The molecule has 27 heavy (non-hydrogen) atoms. The minimum atomic E-state index is -0.109. The minimum absolute atomic E-state index is 0.0295. The number of fused-ring (bicyclic) bond motifs is 1. The minimum Gasteiger partial charge on any atom is -0.493 e. The normalized spacial score (nSPS) is 15.1. The van der Waals surface area contributed by atoms with Crippen LogP contribution in [0.25, 0.3) is 11.0 Å². The summed E-state index contributed by atoms with van der Waals surface area (Å²) in [6, 6.07) is 11.1. The number of furan rings is 1. The van der Waals surface area contributed by atoms with Crippen molar-refractivity contribution < 1.29 is 18.7 Å². The Kier molecular flexibility index (Phi) is 4.66. The van der Waals surface area contributed by atoms with Crippen molar-refractivity contribution in [3.63, 3.8) is 0 Å². The molecule has 0 radical (unpaired) electrons. The third kappa shape index (κ3) is 3.58. The van der Waals surface area contributed by atoms with E-state index in [1.807, 2.05) is 37.3 Å². The number of aryl methyl sites for hydroxylation is 1. The van der Waals surface area contributed by atoms with Gasteiger partial charge in [-0.15, -0.1) is 5.10 Å². The number of piperidine rings is 1. The number of nitrogens with zero attached hydrogens (tertiary/aromatic N) is 3. The van der Waals surface area contributed by atoms with Gasteiger partial charge in [0.05, 0.1) is 12.8 Å². The zero-order valence-electron chi connectivity index (χ0n) is 15.3. The molecule has 2 aromatic heterocycles. The Labute approximate surface area is 156 Å². The maximum Gasteiger partial charge on any atom is 0.289 e. The van der Waals surface area contributed by atoms with Crippen LogP contribution < -0.4 is 9.47 Å². The van der Waals surface area contributed by atoms with Crippen molar-refractivity contribution in [2.45, 2.75) is 25.9 Å². The van der Waals surface area contributed by atoms with Crippen LogP contribution in [-0.2, 0) is 0 Å². The van der Waals surface area contributed by atoms with Crippen LogP contribution in [0.2, 0.25) is 0 Å². The van der Waals surface area contributed by atoms with Crippen molar-refractivity contribution >= 4 is 16.9 Å². The second-order valence-electron chi connectivity index (χ2n) is 6.61. The summed E-state index contributed by atoms with van der Waals surface area (Å²) >= 11 is 0. The Morgan fingerprint density at radius 3 is 2.70 bits per heavy atom. The molecule has 0 saturated carbocycles. The van der Waals surface area contributed by atoms with Gasteiger partial charge in [0.1, 0.15) is 6.10 Å². The molecule has 7 heteroatoms. The van der Waals surface area contributed by atoms with Gasteiger partial charge in [0, 0.05) is 37.4 Å². The fraction of sp³-hybridized carbons (Fsp3) is 0.350. The number of aromatic nitrogens is 2. The van der Waals surface area contributed by atoms with Crippen LogP contribution in [0.1, 0.15) is 29.1 Å². The summed E-state index contributed by atoms with van der Waals surface area (Å²) < 4.78 is 16.9. The molecule has 0 N–H and O–H groups in total. The van der Waals surface area contributed by atoms with Crippen molar-refractivity contribution in [2.75, 3.05) is 20.2 Å². The summed E-state index contributed by atoms with van der Waals surface area (Å²) in [5.41, 5.74) is 1.45. The topological polar surface area (TPSA) is 77.7 Å². The molecule has 0 spiro atoms. The van der Waals surface area contributed by atoms with Crippen molar-refractivity contribution in [1.29, 1.82) is 0 Å². The summed E-state index contributed by atoms with van der Waals surface area (Å²) in [6.45, 7) is 3.10. The molecule has 1 aliphatic heterocycles. The number of benzene rings is 1. The van der Waals surface area contributed by atoms with Crippen LogP contribution in [0.15, 0.2) is 40.8 Å². The molecule has 0 bridgehead atoms. The molecular weight excluding hydrogens is 346 g/mol. The van der Waals surface area contributed by atoms with Gasteiger partial charge in [0.2, 0.25) is 5.88 Å². The number of hydrogen-bond acceptors (Lipinski definition) is 6. The van der Waals surface area contributed by atoms with Gasteiger partial charge in [-0.05, 0) is 25.1 Å². The summed E-state index contributed by atoms with van der Waals surface area (Å²) in [4.78, 5) is 14.6. The number of methoxy groups -OCH3 is 1. The van der Waals surface area contributed by atoms with Crippen LogP contribution in [-0.4, -0.2) is 47.3 Å². The van der Waals surface area contributed by atoms with Gasteiger partial charge >= 0.3 is 0 Å². The zero-order chi connectivity index (χ0) is 18.8. The first-order valence-electron chi connectivity index (χ1n) is 8.97. The summed E-state index contributed by atoms with van der Waals surface area (Å²) in [6.07, 6.45) is 1.51. The van der Waals surface area contributed by atoms with E-state index in [1.54, 1.807) is 18.1 Å². The highest BCUT2D eigenvalue weighted by molar-refractivity contribution is 5.97. The highest BCUT2D eigenvalue weighted by Crippen LogP contribution is 2.29. The van der Waals surface area contributed by atoms with E-state index < -0.39 is 0 Å². The number of carbonyl (C=O) groups is 1. The molecular formula is C20H21N3O4. The fourth-order valence-electron chi connectivity index (χ4n) is 3.26. The lowest BCUT2D eigenvalue weighted by atomic mass is 10.1. The first-order valence-corrected chi connectivity index (χ1v) is 8.97. The quantitative estimate of drug-likeness (QED) is 0.705. The van der Waals surface area contributed by atoms with Crippen molar-refractivity contribution in [2.24, 2.45) is 0 Å². The van der Waals surface area contributed by atoms with Crippen molar-refractivity contribution in [3.05, 3.63) is 47.9 Å². The molecule has 3 heterocycles. The molecule has 0 aliphatic carbocycles. The Morgan fingerprint density at radius 2 is 2.00 bits per heavy atom. The maximum atomic E-state index is 12.8. The standard InChI is InChI=1S/C20H21N3O4/c1-13-6-7-18(22-21-13)26-15-8-10-23(11-9-15)20(24)17-12-14-4-3-5-16(25-2)19(14)27-17/h3-7,12,15H,8-11H2,1-2H3. The Bertz CT molecular complexity index is 944. The Balaban J connectivity index is 1.40. The van der Waals surface area contributed by atoms with Gasteiger partial charge in [-0.1, -0.05) is 12.1 Å². The van der Waals surface area contributed by atoms with Crippen LogP contribution in [0.3, 0.4) is 0 Å². The van der Waals surface area contributed by atoms with Gasteiger partial charge in [0.15, 0.2) is 17.1 Å². The lowest BCUT2D eigenvalue weighted by Gasteiger charge is -2.31. The van der Waals surface area contributed by atoms with Crippen LogP contribution >= 0.6 is 0 Å². The molecule has 1 amide bonds. The van der Waals surface area contributed by atoms with Gasteiger partial charge in [-0.25, -0.2) is 0 Å². The monoisotopic (exact) mass is 367 g/mol. The number of likely N-dealkylation sites (tertiary alicyclic amines) is 1. The van der Waals surface area contributed by atoms with Gasteiger partial charge in [-0.3, -0.25) is 4.79 Å².